The van der Waals surface area contributed by atoms with Crippen LogP contribution in [-0.4, -0.2) is 0 Å². The Kier molecular flexibility index (Phi) is 1.23. The summed E-state index contributed by atoms with van der Waals surface area (Å²) in [5.41, 5.74) is 2.56. The van der Waals surface area contributed by atoms with E-state index in [1.54, 1.807) is 6.07 Å². The minimum Gasteiger partial charge on any atom is -0.289 e. The highest BCUT2D eigenvalue weighted by molar-refractivity contribution is 5.70. The lowest BCUT2D eigenvalue weighted by molar-refractivity contribution is 0.743. The molecule has 0 atom stereocenters. The molecule has 1 heteroatoms. The molecule has 0 amide bonds. The average molecular weight is 134 g/mol. The van der Waals surface area contributed by atoms with Crippen molar-refractivity contribution < 1.29 is 0 Å². The van der Waals surface area contributed by atoms with Crippen LogP contribution in [0.4, 0.5) is 0 Å². The summed E-state index contributed by atoms with van der Waals surface area (Å²) in [6, 6.07) is 1.73. The molecule has 0 saturated carbocycles. The number of hydrogen-bond acceptors (Lipinski definition) is 1. The van der Waals surface area contributed by atoms with Crippen molar-refractivity contribution in [3.63, 3.8) is 0 Å². The van der Waals surface area contributed by atoms with Crippen LogP contribution in [0.3, 0.4) is 0 Å². The Bertz CT molecular complexity index is 274. The van der Waals surface area contributed by atoms with Gasteiger partial charge in [0.1, 0.15) is 0 Å². The first-order valence-corrected chi connectivity index (χ1v) is 3.83. The Labute approximate surface area is 60.1 Å². The number of hydrogen-bond donors (Lipinski definition) is 0. The van der Waals surface area contributed by atoms with E-state index >= 15 is 0 Å². The van der Waals surface area contributed by atoms with E-state index in [9.17, 15) is 4.79 Å². The highest BCUT2D eigenvalue weighted by Crippen LogP contribution is 2.26. The summed E-state index contributed by atoms with van der Waals surface area (Å²) in [6.45, 7) is 0. The molecule has 1 aromatic rings. The highest BCUT2D eigenvalue weighted by atomic mass is 16.1. The molecule has 1 aliphatic rings. The molecule has 0 aliphatic heterocycles. The summed E-state index contributed by atoms with van der Waals surface area (Å²) in [5, 5.41) is 0. The first-order chi connectivity index (χ1) is 4.88. The first-order valence-electron chi connectivity index (χ1n) is 3.83. The molecule has 0 heterocycles. The predicted octanol–water partition coefficient (Wildman–Crippen LogP) is 1.88. The topological polar surface area (TPSA) is 17.1 Å². The normalized spacial score (nSPS) is 19.4. The molecule has 0 saturated heterocycles. The Balaban J connectivity index is 2.19. The average Bonchev–Trinajstić information content (AvgIpc) is 2.69. The Morgan fingerprint density at radius 3 is 2.60 bits per heavy atom. The van der Waals surface area contributed by atoms with Crippen molar-refractivity contribution in [2.45, 2.75) is 25.7 Å². The van der Waals surface area contributed by atoms with E-state index in [2.05, 4.69) is 6.08 Å². The van der Waals surface area contributed by atoms with E-state index in [0.29, 0.717) is 0 Å². The number of allylic oxidation sites excluding steroid dienone is 2. The van der Waals surface area contributed by atoms with Crippen molar-refractivity contribution >= 4 is 5.57 Å². The maximum atomic E-state index is 10.7. The molecule has 2 rings (SSSR count). The van der Waals surface area contributed by atoms with E-state index in [0.717, 1.165) is 12.0 Å². The van der Waals surface area contributed by atoms with Gasteiger partial charge in [0.25, 0.3) is 0 Å². The molecule has 0 spiro atoms. The Hall–Kier alpha value is -0.850. The fourth-order valence-corrected chi connectivity index (χ4v) is 1.43. The largest absolute Gasteiger partial charge is 0.289 e. The van der Waals surface area contributed by atoms with E-state index < -0.39 is 0 Å². The lowest BCUT2D eigenvalue weighted by Crippen LogP contribution is -1.90. The molecule has 0 N–H and O–H groups in total. The molecule has 0 radical (unpaired) electrons. The summed E-state index contributed by atoms with van der Waals surface area (Å²) in [5.74, 6) is 0. The van der Waals surface area contributed by atoms with Gasteiger partial charge in [0.05, 0.1) is 0 Å². The molecule has 1 nitrogen and oxygen atoms in total. The molecule has 0 unspecified atom stereocenters. The fraction of sp³-hybridized carbons (Fsp3) is 0.444. The van der Waals surface area contributed by atoms with Crippen LogP contribution in [0.2, 0.25) is 0 Å². The van der Waals surface area contributed by atoms with Crippen LogP contribution in [-0.2, 0) is 0 Å². The van der Waals surface area contributed by atoms with Crippen LogP contribution in [0, 0.1) is 0 Å². The van der Waals surface area contributed by atoms with Crippen molar-refractivity contribution in [1.29, 1.82) is 0 Å². The van der Waals surface area contributed by atoms with Gasteiger partial charge in [0.2, 0.25) is 0 Å². The molecule has 0 bridgehead atoms. The van der Waals surface area contributed by atoms with Gasteiger partial charge in [0.15, 0.2) is 5.43 Å². The lowest BCUT2D eigenvalue weighted by atomic mass is 9.98. The Morgan fingerprint density at radius 2 is 2.10 bits per heavy atom. The molecular formula is C9H10O. The van der Waals surface area contributed by atoms with Crippen LogP contribution in [0.1, 0.15) is 31.2 Å². The quantitative estimate of drug-likeness (QED) is 0.573. The van der Waals surface area contributed by atoms with Crippen LogP contribution < -0.4 is 5.43 Å². The van der Waals surface area contributed by atoms with Crippen LogP contribution in [0.15, 0.2) is 16.9 Å². The van der Waals surface area contributed by atoms with Gasteiger partial charge in [-0.25, -0.2) is 0 Å². The minimum absolute atomic E-state index is 0.258. The SMILES string of the molecule is O=c1cc1C1=CCCCC1. The zero-order valence-electron chi connectivity index (χ0n) is 5.89. The van der Waals surface area contributed by atoms with Crippen molar-refractivity contribution in [3.05, 3.63) is 27.9 Å². The van der Waals surface area contributed by atoms with Crippen molar-refractivity contribution in [3.8, 4) is 0 Å². The van der Waals surface area contributed by atoms with Gasteiger partial charge >= 0.3 is 0 Å². The third-order valence-electron chi connectivity index (χ3n) is 2.09. The van der Waals surface area contributed by atoms with Crippen molar-refractivity contribution in [2.75, 3.05) is 0 Å². The Morgan fingerprint density at radius 1 is 1.30 bits per heavy atom. The van der Waals surface area contributed by atoms with Gasteiger partial charge in [0, 0.05) is 5.56 Å². The third-order valence-corrected chi connectivity index (χ3v) is 2.09. The van der Waals surface area contributed by atoms with Crippen molar-refractivity contribution in [2.24, 2.45) is 0 Å². The highest BCUT2D eigenvalue weighted by Gasteiger charge is 2.14. The maximum Gasteiger partial charge on any atom is 0.186 e. The van der Waals surface area contributed by atoms with E-state index in [1.165, 1.54) is 24.8 Å². The molecule has 1 aliphatic carbocycles. The third kappa shape index (κ3) is 0.919. The molecule has 10 heavy (non-hydrogen) atoms. The predicted molar refractivity (Wildman–Crippen MR) is 41.5 cm³/mol. The minimum atomic E-state index is 0.258. The molecule has 1 aromatic carbocycles. The summed E-state index contributed by atoms with van der Waals surface area (Å²) in [7, 11) is 0. The van der Waals surface area contributed by atoms with Gasteiger partial charge < -0.3 is 0 Å². The van der Waals surface area contributed by atoms with E-state index in [4.69, 9.17) is 0 Å². The number of rotatable bonds is 1. The maximum absolute atomic E-state index is 10.7. The second kappa shape index (κ2) is 2.08. The smallest absolute Gasteiger partial charge is 0.186 e. The summed E-state index contributed by atoms with van der Waals surface area (Å²) < 4.78 is 0. The summed E-state index contributed by atoms with van der Waals surface area (Å²) in [6.07, 6.45) is 7.05. The van der Waals surface area contributed by atoms with E-state index in [-0.39, 0.29) is 5.43 Å². The van der Waals surface area contributed by atoms with Crippen molar-refractivity contribution in [1.82, 2.24) is 0 Å². The molecule has 52 valence electrons. The summed E-state index contributed by atoms with van der Waals surface area (Å²) >= 11 is 0. The van der Waals surface area contributed by atoms with Gasteiger partial charge in [-0.05, 0) is 37.3 Å². The van der Waals surface area contributed by atoms with Crippen LogP contribution >= 0.6 is 0 Å². The van der Waals surface area contributed by atoms with Gasteiger partial charge in [-0.1, -0.05) is 6.08 Å². The van der Waals surface area contributed by atoms with Crippen LogP contribution in [0.5, 0.6) is 0 Å². The lowest BCUT2D eigenvalue weighted by Gasteiger charge is -2.07. The van der Waals surface area contributed by atoms with Gasteiger partial charge in [-0.3, -0.25) is 4.79 Å². The van der Waals surface area contributed by atoms with Crippen LogP contribution in [0.25, 0.3) is 5.57 Å². The molecule has 0 fully saturated rings. The molecule has 0 aromatic heterocycles. The second-order valence-corrected chi connectivity index (χ2v) is 2.90. The summed E-state index contributed by atoms with van der Waals surface area (Å²) in [4.78, 5) is 10.7. The standard InChI is InChI=1S/C9H10O/c10-9-6-8(9)7-4-2-1-3-5-7/h4,6H,1-3,5H2. The zero-order valence-corrected chi connectivity index (χ0v) is 5.89. The van der Waals surface area contributed by atoms with Gasteiger partial charge in [-0.2, -0.15) is 0 Å². The fourth-order valence-electron chi connectivity index (χ4n) is 1.43. The monoisotopic (exact) mass is 134 g/mol. The molecular weight excluding hydrogens is 124 g/mol. The second-order valence-electron chi connectivity index (χ2n) is 2.90. The first kappa shape index (κ1) is 5.90. The van der Waals surface area contributed by atoms with E-state index in [1.807, 2.05) is 0 Å². The zero-order chi connectivity index (χ0) is 6.97. The van der Waals surface area contributed by atoms with Gasteiger partial charge in [-0.15, -0.1) is 0 Å².